The normalized spacial score (nSPS) is 10.3. The first-order chi connectivity index (χ1) is 9.99. The summed E-state index contributed by atoms with van der Waals surface area (Å²) in [6, 6.07) is 7.92. The Bertz CT molecular complexity index is 699. The molecule has 0 saturated heterocycles. The molecule has 0 heterocycles. The smallest absolute Gasteiger partial charge is 0.194 e. The van der Waals surface area contributed by atoms with Crippen molar-refractivity contribution in [3.8, 4) is 11.5 Å². The van der Waals surface area contributed by atoms with Gasteiger partial charge in [0.1, 0.15) is 0 Å². The molecule has 0 spiro atoms. The number of halogens is 3. The molecule has 0 aromatic heterocycles. The van der Waals surface area contributed by atoms with Gasteiger partial charge in [0.25, 0.3) is 0 Å². The van der Waals surface area contributed by atoms with Crippen LogP contribution in [-0.4, -0.2) is 20.0 Å². The van der Waals surface area contributed by atoms with Crippen LogP contribution in [0.25, 0.3) is 0 Å². The van der Waals surface area contributed by atoms with E-state index >= 15 is 0 Å². The van der Waals surface area contributed by atoms with Crippen LogP contribution in [0.4, 0.5) is 0 Å². The van der Waals surface area contributed by atoms with Gasteiger partial charge < -0.3 is 9.47 Å². The lowest BCUT2D eigenvalue weighted by Crippen LogP contribution is -2.04. The highest BCUT2D eigenvalue weighted by atomic mass is 35.5. The summed E-state index contributed by atoms with van der Waals surface area (Å²) in [6.07, 6.45) is 0. The fourth-order valence-corrected chi connectivity index (χ4v) is 2.56. The van der Waals surface area contributed by atoms with E-state index in [9.17, 15) is 4.79 Å². The Morgan fingerprint density at radius 2 is 1.71 bits per heavy atom. The van der Waals surface area contributed by atoms with Gasteiger partial charge in [-0.05, 0) is 24.3 Å². The molecular weight excluding hydrogens is 335 g/mol. The zero-order chi connectivity index (χ0) is 15.6. The number of carbonyl (C=O) groups is 1. The lowest BCUT2D eigenvalue weighted by atomic mass is 10.0. The van der Waals surface area contributed by atoms with E-state index in [4.69, 9.17) is 44.3 Å². The quantitative estimate of drug-likeness (QED) is 0.740. The van der Waals surface area contributed by atoms with E-state index in [1.807, 2.05) is 0 Å². The van der Waals surface area contributed by atoms with E-state index in [2.05, 4.69) is 0 Å². The summed E-state index contributed by atoms with van der Waals surface area (Å²) in [5, 5.41) is 0.794. The first-order valence-electron chi connectivity index (χ1n) is 5.89. The van der Waals surface area contributed by atoms with Gasteiger partial charge in [0.2, 0.25) is 0 Å². The molecule has 2 aromatic rings. The van der Waals surface area contributed by atoms with Crippen LogP contribution in [0, 0.1) is 0 Å². The van der Waals surface area contributed by atoms with Crippen LogP contribution < -0.4 is 9.47 Å². The number of carbonyl (C=O) groups excluding carboxylic acids is 1. The summed E-state index contributed by atoms with van der Waals surface area (Å²) in [5.41, 5.74) is 0.634. The maximum Gasteiger partial charge on any atom is 0.194 e. The molecule has 2 rings (SSSR count). The number of ketones is 1. The van der Waals surface area contributed by atoms with E-state index in [-0.39, 0.29) is 15.8 Å². The Morgan fingerprint density at radius 1 is 1.00 bits per heavy atom. The van der Waals surface area contributed by atoms with Crippen LogP contribution in [0.15, 0.2) is 30.3 Å². The minimum atomic E-state index is -0.301. The standard InChI is InChI=1S/C15H11Cl3O3/c1-20-12-7-8(6-11(17)15(12)21-2)14(19)9-4-3-5-10(16)13(9)18/h3-7H,1-2H3. The Labute approximate surface area is 137 Å². The molecule has 0 aliphatic carbocycles. The highest BCUT2D eigenvalue weighted by molar-refractivity contribution is 6.44. The van der Waals surface area contributed by atoms with Crippen LogP contribution in [0.1, 0.15) is 15.9 Å². The molecule has 21 heavy (non-hydrogen) atoms. The van der Waals surface area contributed by atoms with Crippen LogP contribution in [0.3, 0.4) is 0 Å². The predicted octanol–water partition coefficient (Wildman–Crippen LogP) is 4.90. The second-order valence-corrected chi connectivity index (χ2v) is 5.32. The van der Waals surface area contributed by atoms with E-state index in [0.29, 0.717) is 27.6 Å². The molecule has 0 saturated carbocycles. The van der Waals surface area contributed by atoms with Crippen molar-refractivity contribution >= 4 is 40.6 Å². The molecule has 0 N–H and O–H groups in total. The van der Waals surface area contributed by atoms with E-state index in [0.717, 1.165) is 0 Å². The first kappa shape index (κ1) is 16.0. The third-order valence-corrected chi connectivity index (χ3v) is 3.99. The third kappa shape index (κ3) is 3.10. The minimum Gasteiger partial charge on any atom is -0.493 e. The van der Waals surface area contributed by atoms with Crippen LogP contribution in [0.2, 0.25) is 15.1 Å². The van der Waals surface area contributed by atoms with Crippen molar-refractivity contribution in [3.05, 3.63) is 56.5 Å². The number of methoxy groups -OCH3 is 2. The predicted molar refractivity (Wildman–Crippen MR) is 84.5 cm³/mol. The summed E-state index contributed by atoms with van der Waals surface area (Å²) in [6.45, 7) is 0. The number of ether oxygens (including phenoxy) is 2. The Hall–Kier alpha value is -1.42. The molecular formula is C15H11Cl3O3. The molecule has 0 aliphatic heterocycles. The lowest BCUT2D eigenvalue weighted by molar-refractivity contribution is 0.103. The number of hydrogen-bond donors (Lipinski definition) is 0. The van der Waals surface area contributed by atoms with Crippen molar-refractivity contribution in [1.82, 2.24) is 0 Å². The Balaban J connectivity index is 2.54. The van der Waals surface area contributed by atoms with Gasteiger partial charge in [0, 0.05) is 11.1 Å². The highest BCUT2D eigenvalue weighted by Gasteiger charge is 2.19. The number of hydrogen-bond acceptors (Lipinski definition) is 3. The molecule has 0 radical (unpaired) electrons. The van der Waals surface area contributed by atoms with Crippen molar-refractivity contribution in [1.29, 1.82) is 0 Å². The van der Waals surface area contributed by atoms with Gasteiger partial charge in [-0.15, -0.1) is 0 Å². The van der Waals surface area contributed by atoms with Gasteiger partial charge in [0.05, 0.1) is 29.3 Å². The average molecular weight is 346 g/mol. The topological polar surface area (TPSA) is 35.5 Å². The molecule has 3 nitrogen and oxygen atoms in total. The van der Waals surface area contributed by atoms with Gasteiger partial charge in [0.15, 0.2) is 17.3 Å². The second-order valence-electron chi connectivity index (χ2n) is 4.12. The van der Waals surface area contributed by atoms with Crippen molar-refractivity contribution in [3.63, 3.8) is 0 Å². The van der Waals surface area contributed by atoms with Gasteiger partial charge in [-0.1, -0.05) is 40.9 Å². The SMILES string of the molecule is COc1cc(C(=O)c2cccc(Cl)c2Cl)cc(Cl)c1OC. The van der Waals surface area contributed by atoms with Gasteiger partial charge in [-0.2, -0.15) is 0 Å². The number of rotatable bonds is 4. The molecule has 0 unspecified atom stereocenters. The summed E-state index contributed by atoms with van der Waals surface area (Å²) in [5.74, 6) is 0.435. The second kappa shape index (κ2) is 6.56. The van der Waals surface area contributed by atoms with Crippen molar-refractivity contribution in [2.75, 3.05) is 14.2 Å². The Kier molecular flexibility index (Phi) is 4.99. The summed E-state index contributed by atoms with van der Waals surface area (Å²) < 4.78 is 10.3. The zero-order valence-corrected chi connectivity index (χ0v) is 13.5. The summed E-state index contributed by atoms with van der Waals surface area (Å²) in [7, 11) is 2.94. The molecule has 110 valence electrons. The fraction of sp³-hybridized carbons (Fsp3) is 0.133. The fourth-order valence-electron chi connectivity index (χ4n) is 1.88. The van der Waals surface area contributed by atoms with E-state index in [1.54, 1.807) is 24.3 Å². The minimum absolute atomic E-state index is 0.204. The van der Waals surface area contributed by atoms with Crippen molar-refractivity contribution in [2.24, 2.45) is 0 Å². The third-order valence-electron chi connectivity index (χ3n) is 2.89. The molecule has 2 aromatic carbocycles. The molecule has 6 heteroatoms. The first-order valence-corrected chi connectivity index (χ1v) is 7.03. The van der Waals surface area contributed by atoms with Crippen LogP contribution in [-0.2, 0) is 0 Å². The van der Waals surface area contributed by atoms with Crippen molar-refractivity contribution in [2.45, 2.75) is 0 Å². The summed E-state index contributed by atoms with van der Waals surface area (Å²) >= 11 is 18.1. The monoisotopic (exact) mass is 344 g/mol. The largest absolute Gasteiger partial charge is 0.493 e. The van der Waals surface area contributed by atoms with E-state index in [1.165, 1.54) is 20.3 Å². The Morgan fingerprint density at radius 3 is 2.33 bits per heavy atom. The van der Waals surface area contributed by atoms with Crippen molar-refractivity contribution < 1.29 is 14.3 Å². The van der Waals surface area contributed by atoms with E-state index < -0.39 is 0 Å². The van der Waals surface area contributed by atoms with Gasteiger partial charge >= 0.3 is 0 Å². The number of benzene rings is 2. The summed E-state index contributed by atoms with van der Waals surface area (Å²) in [4.78, 5) is 12.5. The van der Waals surface area contributed by atoms with Gasteiger partial charge in [-0.3, -0.25) is 4.79 Å². The highest BCUT2D eigenvalue weighted by Crippen LogP contribution is 2.37. The average Bonchev–Trinajstić information content (AvgIpc) is 2.48. The van der Waals surface area contributed by atoms with Crippen LogP contribution >= 0.6 is 34.8 Å². The van der Waals surface area contributed by atoms with Crippen LogP contribution in [0.5, 0.6) is 11.5 Å². The molecule has 0 aliphatic rings. The molecule has 0 amide bonds. The molecule has 0 fully saturated rings. The molecule has 0 atom stereocenters. The maximum atomic E-state index is 12.5. The van der Waals surface area contributed by atoms with Gasteiger partial charge in [-0.25, -0.2) is 0 Å². The zero-order valence-electron chi connectivity index (χ0n) is 11.2. The lowest BCUT2D eigenvalue weighted by Gasteiger charge is -2.12. The maximum absolute atomic E-state index is 12.5. The molecule has 0 bridgehead atoms.